The van der Waals surface area contributed by atoms with Crippen molar-refractivity contribution in [3.8, 4) is 0 Å². The zero-order chi connectivity index (χ0) is 16.5. The van der Waals surface area contributed by atoms with Crippen molar-refractivity contribution in [2.45, 2.75) is 18.9 Å². The number of carbonyl (C=O) groups excluding carboxylic acids is 1. The van der Waals surface area contributed by atoms with Gasteiger partial charge in [0.25, 0.3) is 0 Å². The Hall–Kier alpha value is -2.95. The third kappa shape index (κ3) is 2.69. The lowest BCUT2D eigenvalue weighted by molar-refractivity contribution is -0.117. The number of aromatic amines is 1. The van der Waals surface area contributed by atoms with Gasteiger partial charge in [-0.1, -0.05) is 24.3 Å². The zero-order valence-electron chi connectivity index (χ0n) is 12.9. The molecule has 4 nitrogen and oxygen atoms in total. The summed E-state index contributed by atoms with van der Waals surface area (Å²) in [7, 11) is 0. The van der Waals surface area contributed by atoms with Crippen molar-refractivity contribution in [1.29, 1.82) is 0 Å². The molecule has 0 bridgehead atoms. The van der Waals surface area contributed by atoms with Crippen molar-refractivity contribution >= 4 is 22.9 Å². The van der Waals surface area contributed by atoms with E-state index in [0.29, 0.717) is 6.42 Å². The molecule has 1 atom stereocenters. The molecule has 1 heterocycles. The molecule has 24 heavy (non-hydrogen) atoms. The third-order valence-electron chi connectivity index (χ3n) is 4.42. The number of halogens is 1. The fourth-order valence-corrected chi connectivity index (χ4v) is 3.21. The highest BCUT2D eigenvalue weighted by atomic mass is 19.1. The second-order valence-electron chi connectivity index (χ2n) is 5.96. The Morgan fingerprint density at radius 3 is 3.17 bits per heavy atom. The molecule has 5 heteroatoms. The van der Waals surface area contributed by atoms with Crippen molar-refractivity contribution in [2.24, 2.45) is 0 Å². The molecule has 1 aromatic heterocycles. The van der Waals surface area contributed by atoms with E-state index in [4.69, 9.17) is 0 Å². The Morgan fingerprint density at radius 1 is 1.33 bits per heavy atom. The van der Waals surface area contributed by atoms with Crippen LogP contribution in [0.2, 0.25) is 0 Å². The number of fused-ring (bicyclic) bond motifs is 2. The van der Waals surface area contributed by atoms with Gasteiger partial charge in [-0.15, -0.1) is 0 Å². The molecule has 2 aromatic carbocycles. The molecule has 3 aromatic rings. The van der Waals surface area contributed by atoms with Crippen LogP contribution in [-0.2, 0) is 11.2 Å². The number of H-pyrrole nitrogens is 1. The van der Waals surface area contributed by atoms with E-state index < -0.39 is 0 Å². The second-order valence-corrected chi connectivity index (χ2v) is 5.96. The average Bonchev–Trinajstić information content (AvgIpc) is 3.20. The van der Waals surface area contributed by atoms with E-state index in [-0.39, 0.29) is 17.8 Å². The Labute approximate surface area is 138 Å². The second kappa shape index (κ2) is 5.92. The molecular formula is C19H16FN3O. The molecule has 2 N–H and O–H groups in total. The normalized spacial score (nSPS) is 16.6. The molecule has 1 amide bonds. The number of aromatic nitrogens is 2. The SMILES string of the molecule is O=C(/C=C/c1ccc2cn[nH]c2c1)NC1CCc2c(F)cccc21. The Balaban J connectivity index is 1.47. The van der Waals surface area contributed by atoms with Crippen LogP contribution >= 0.6 is 0 Å². The predicted octanol–water partition coefficient (Wildman–Crippen LogP) is 3.52. The largest absolute Gasteiger partial charge is 0.346 e. The van der Waals surface area contributed by atoms with Crippen molar-refractivity contribution in [1.82, 2.24) is 15.5 Å². The van der Waals surface area contributed by atoms with E-state index in [1.165, 1.54) is 12.1 Å². The fourth-order valence-electron chi connectivity index (χ4n) is 3.21. The molecule has 0 fully saturated rings. The summed E-state index contributed by atoms with van der Waals surface area (Å²) < 4.78 is 13.7. The summed E-state index contributed by atoms with van der Waals surface area (Å²) in [6, 6.07) is 10.7. The van der Waals surface area contributed by atoms with Gasteiger partial charge >= 0.3 is 0 Å². The molecule has 0 saturated heterocycles. The van der Waals surface area contributed by atoms with Gasteiger partial charge in [0.2, 0.25) is 5.91 Å². The van der Waals surface area contributed by atoms with Crippen LogP contribution in [0.25, 0.3) is 17.0 Å². The van der Waals surface area contributed by atoms with Crippen LogP contribution in [0, 0.1) is 5.82 Å². The van der Waals surface area contributed by atoms with E-state index in [1.807, 2.05) is 24.3 Å². The predicted molar refractivity (Wildman–Crippen MR) is 90.7 cm³/mol. The van der Waals surface area contributed by atoms with E-state index in [2.05, 4.69) is 15.5 Å². The van der Waals surface area contributed by atoms with Gasteiger partial charge in [0.1, 0.15) is 5.82 Å². The van der Waals surface area contributed by atoms with Crippen LogP contribution in [-0.4, -0.2) is 16.1 Å². The minimum Gasteiger partial charge on any atom is -0.346 e. The van der Waals surface area contributed by atoms with Crippen LogP contribution in [0.5, 0.6) is 0 Å². The zero-order valence-corrected chi connectivity index (χ0v) is 12.9. The van der Waals surface area contributed by atoms with Gasteiger partial charge in [-0.2, -0.15) is 5.10 Å². The highest BCUT2D eigenvalue weighted by Crippen LogP contribution is 2.32. The van der Waals surface area contributed by atoms with E-state index in [0.717, 1.165) is 34.0 Å². The van der Waals surface area contributed by atoms with Crippen LogP contribution in [0.1, 0.15) is 29.2 Å². The van der Waals surface area contributed by atoms with Crippen LogP contribution < -0.4 is 5.32 Å². The van der Waals surface area contributed by atoms with Crippen LogP contribution in [0.15, 0.2) is 48.7 Å². The maximum atomic E-state index is 13.7. The van der Waals surface area contributed by atoms with E-state index in [1.54, 1.807) is 18.3 Å². The summed E-state index contributed by atoms with van der Waals surface area (Å²) in [5, 5.41) is 10.9. The number of amides is 1. The molecule has 0 spiro atoms. The average molecular weight is 321 g/mol. The van der Waals surface area contributed by atoms with Gasteiger partial charge in [-0.05, 0) is 47.7 Å². The van der Waals surface area contributed by atoms with E-state index in [9.17, 15) is 9.18 Å². The van der Waals surface area contributed by atoms with Gasteiger partial charge < -0.3 is 5.32 Å². The summed E-state index contributed by atoms with van der Waals surface area (Å²) in [5.41, 5.74) is 3.45. The maximum absolute atomic E-state index is 13.7. The molecule has 0 saturated carbocycles. The van der Waals surface area contributed by atoms with Crippen molar-refractivity contribution in [3.63, 3.8) is 0 Å². The number of rotatable bonds is 3. The van der Waals surface area contributed by atoms with Crippen molar-refractivity contribution in [3.05, 3.63) is 71.2 Å². The molecule has 120 valence electrons. The summed E-state index contributed by atoms with van der Waals surface area (Å²) in [5.74, 6) is -0.366. The lowest BCUT2D eigenvalue weighted by Crippen LogP contribution is -2.25. The van der Waals surface area contributed by atoms with E-state index >= 15 is 0 Å². The lowest BCUT2D eigenvalue weighted by Gasteiger charge is -2.12. The fraction of sp³-hybridized carbons (Fsp3) is 0.158. The number of hydrogen-bond acceptors (Lipinski definition) is 2. The number of nitrogens with one attached hydrogen (secondary N) is 2. The summed E-state index contributed by atoms with van der Waals surface area (Å²) in [6.45, 7) is 0. The van der Waals surface area contributed by atoms with Crippen molar-refractivity contribution < 1.29 is 9.18 Å². The van der Waals surface area contributed by atoms with Gasteiger partial charge in [0.05, 0.1) is 17.8 Å². The number of nitrogens with zero attached hydrogens (tertiary/aromatic N) is 1. The monoisotopic (exact) mass is 321 g/mol. The molecule has 0 radical (unpaired) electrons. The van der Waals surface area contributed by atoms with Gasteiger partial charge in [-0.25, -0.2) is 4.39 Å². The summed E-state index contributed by atoms with van der Waals surface area (Å²) in [6.07, 6.45) is 6.42. The molecule has 1 unspecified atom stereocenters. The van der Waals surface area contributed by atoms with Crippen LogP contribution in [0.4, 0.5) is 4.39 Å². The van der Waals surface area contributed by atoms with Crippen LogP contribution in [0.3, 0.4) is 0 Å². The smallest absolute Gasteiger partial charge is 0.244 e. The lowest BCUT2D eigenvalue weighted by atomic mass is 10.1. The Bertz CT molecular complexity index is 945. The molecule has 1 aliphatic rings. The van der Waals surface area contributed by atoms with Gasteiger partial charge in [0, 0.05) is 11.5 Å². The maximum Gasteiger partial charge on any atom is 0.244 e. The first-order chi connectivity index (χ1) is 11.7. The first-order valence-electron chi connectivity index (χ1n) is 7.90. The third-order valence-corrected chi connectivity index (χ3v) is 4.42. The minimum atomic E-state index is -0.187. The quantitative estimate of drug-likeness (QED) is 0.725. The molecular weight excluding hydrogens is 305 g/mol. The van der Waals surface area contributed by atoms with Gasteiger partial charge in [0.15, 0.2) is 0 Å². The van der Waals surface area contributed by atoms with Gasteiger partial charge in [-0.3, -0.25) is 9.89 Å². The van der Waals surface area contributed by atoms with Crippen molar-refractivity contribution in [2.75, 3.05) is 0 Å². The first-order valence-corrected chi connectivity index (χ1v) is 7.90. The summed E-state index contributed by atoms with van der Waals surface area (Å²) in [4.78, 5) is 12.2. The summed E-state index contributed by atoms with van der Waals surface area (Å²) >= 11 is 0. The number of hydrogen-bond donors (Lipinski definition) is 2. The highest BCUT2D eigenvalue weighted by Gasteiger charge is 2.25. The Kier molecular flexibility index (Phi) is 3.61. The number of benzene rings is 2. The molecule has 0 aliphatic heterocycles. The molecule has 1 aliphatic carbocycles. The number of carbonyl (C=O) groups is 1. The standard InChI is InChI=1S/C19H16FN3O/c20-16-3-1-2-15-14(16)7-8-17(15)22-19(24)9-5-12-4-6-13-11-21-23-18(13)10-12/h1-6,9-11,17H,7-8H2,(H,21,23)(H,22,24)/b9-5+. The first kappa shape index (κ1) is 14.6. The highest BCUT2D eigenvalue weighted by molar-refractivity contribution is 5.92. The molecule has 4 rings (SSSR count). The topological polar surface area (TPSA) is 57.8 Å². The minimum absolute atomic E-state index is 0.122. The Morgan fingerprint density at radius 2 is 2.25 bits per heavy atom.